The number of hydrogen-bond donors (Lipinski definition) is 2. The van der Waals surface area contributed by atoms with Crippen molar-refractivity contribution < 1.29 is 13.2 Å². The molecule has 0 aromatic heterocycles. The zero-order valence-electron chi connectivity index (χ0n) is 15.2. The maximum absolute atomic E-state index is 12.9. The number of amides is 1. The average Bonchev–Trinajstić information content (AvgIpc) is 3.08. The van der Waals surface area contributed by atoms with Crippen LogP contribution in [0.1, 0.15) is 30.0 Å². The van der Waals surface area contributed by atoms with Crippen LogP contribution in [0.5, 0.6) is 0 Å². The molecule has 3 rings (SSSR count). The second-order valence-corrected chi connectivity index (χ2v) is 9.27. The molecule has 0 aliphatic heterocycles. The fourth-order valence-corrected chi connectivity index (χ4v) is 5.04. The van der Waals surface area contributed by atoms with Crippen LogP contribution < -0.4 is 10.0 Å². The second-order valence-electron chi connectivity index (χ2n) is 6.57. The first kappa shape index (κ1) is 19.9. The van der Waals surface area contributed by atoms with Gasteiger partial charge in [-0.2, -0.15) is 16.5 Å². The van der Waals surface area contributed by atoms with Crippen LogP contribution in [-0.2, 0) is 21.2 Å². The van der Waals surface area contributed by atoms with E-state index in [-0.39, 0.29) is 16.8 Å². The monoisotopic (exact) mass is 404 g/mol. The Morgan fingerprint density at radius 2 is 1.85 bits per heavy atom. The fourth-order valence-electron chi connectivity index (χ4n) is 3.31. The Labute approximate surface area is 165 Å². The molecule has 2 atom stereocenters. The fraction of sp³-hybridized carbons (Fsp3) is 0.350. The summed E-state index contributed by atoms with van der Waals surface area (Å²) >= 11 is 1.59. The summed E-state index contributed by atoms with van der Waals surface area (Å²) in [6, 6.07) is 15.4. The van der Waals surface area contributed by atoms with Gasteiger partial charge in [0.2, 0.25) is 15.9 Å². The van der Waals surface area contributed by atoms with Crippen molar-refractivity contribution in [1.82, 2.24) is 10.0 Å². The highest BCUT2D eigenvalue weighted by Crippen LogP contribution is 2.30. The van der Waals surface area contributed by atoms with E-state index in [2.05, 4.69) is 16.1 Å². The van der Waals surface area contributed by atoms with Gasteiger partial charge in [0.1, 0.15) is 6.04 Å². The number of carbonyl (C=O) groups is 1. The summed E-state index contributed by atoms with van der Waals surface area (Å²) in [5.41, 5.74) is 2.37. The van der Waals surface area contributed by atoms with Crippen molar-refractivity contribution in [1.29, 1.82) is 0 Å². The summed E-state index contributed by atoms with van der Waals surface area (Å²) in [4.78, 5) is 13.0. The predicted octanol–water partition coefficient (Wildman–Crippen LogP) is 2.89. The van der Waals surface area contributed by atoms with E-state index in [9.17, 15) is 13.2 Å². The van der Waals surface area contributed by atoms with Crippen molar-refractivity contribution in [2.24, 2.45) is 0 Å². The molecule has 1 amide bonds. The van der Waals surface area contributed by atoms with Crippen LogP contribution in [0, 0.1) is 0 Å². The van der Waals surface area contributed by atoms with E-state index >= 15 is 0 Å². The molecule has 0 saturated carbocycles. The Hall–Kier alpha value is -1.83. The molecule has 5 nitrogen and oxygen atoms in total. The Morgan fingerprint density at radius 1 is 1.15 bits per heavy atom. The number of carbonyl (C=O) groups excluding carboxylic acids is 1. The molecular weight excluding hydrogens is 380 g/mol. The van der Waals surface area contributed by atoms with E-state index in [1.807, 2.05) is 24.5 Å². The van der Waals surface area contributed by atoms with Crippen LogP contribution in [0.25, 0.3) is 0 Å². The maximum Gasteiger partial charge on any atom is 0.241 e. The first-order valence-electron chi connectivity index (χ1n) is 8.96. The molecule has 1 aliphatic carbocycles. The minimum absolute atomic E-state index is 0.0632. The molecule has 0 spiro atoms. The molecule has 1 aliphatic rings. The SMILES string of the molecule is CSCC[C@@H](NS(=O)(=O)c1ccccc1)C(=O)N[C@@H]1CCc2ccccc21. The lowest BCUT2D eigenvalue weighted by Gasteiger charge is -2.21. The summed E-state index contributed by atoms with van der Waals surface area (Å²) in [5, 5.41) is 3.04. The van der Waals surface area contributed by atoms with Gasteiger partial charge in [0.15, 0.2) is 0 Å². The molecule has 0 fully saturated rings. The lowest BCUT2D eigenvalue weighted by atomic mass is 10.1. The van der Waals surface area contributed by atoms with Crippen LogP contribution in [0.4, 0.5) is 0 Å². The molecule has 0 saturated heterocycles. The van der Waals surface area contributed by atoms with Crippen molar-refractivity contribution in [3.63, 3.8) is 0 Å². The van der Waals surface area contributed by atoms with Crippen molar-refractivity contribution >= 4 is 27.7 Å². The smallest absolute Gasteiger partial charge is 0.241 e. The highest BCUT2D eigenvalue weighted by molar-refractivity contribution is 7.98. The minimum Gasteiger partial charge on any atom is -0.348 e. The number of aryl methyl sites for hydroxylation is 1. The van der Waals surface area contributed by atoms with Gasteiger partial charge in [-0.25, -0.2) is 8.42 Å². The van der Waals surface area contributed by atoms with E-state index in [1.165, 1.54) is 17.7 Å². The van der Waals surface area contributed by atoms with E-state index in [0.29, 0.717) is 12.2 Å². The quantitative estimate of drug-likeness (QED) is 0.709. The lowest BCUT2D eigenvalue weighted by Crippen LogP contribution is -2.47. The van der Waals surface area contributed by atoms with Gasteiger partial charge in [0, 0.05) is 0 Å². The summed E-state index contributed by atoms with van der Waals surface area (Å²) in [5.74, 6) is 0.418. The largest absolute Gasteiger partial charge is 0.348 e. The van der Waals surface area contributed by atoms with Crippen LogP contribution >= 0.6 is 11.8 Å². The van der Waals surface area contributed by atoms with Crippen LogP contribution in [-0.4, -0.2) is 32.4 Å². The van der Waals surface area contributed by atoms with Gasteiger partial charge < -0.3 is 5.32 Å². The molecule has 2 aromatic carbocycles. The number of rotatable bonds is 8. The topological polar surface area (TPSA) is 75.3 Å². The standard InChI is InChI=1S/C20H24N2O3S2/c1-26-14-13-19(22-27(24,25)16-8-3-2-4-9-16)20(23)21-18-12-11-15-7-5-6-10-17(15)18/h2-10,18-19,22H,11-14H2,1H3,(H,21,23)/t18-,19-/m1/s1. The molecule has 7 heteroatoms. The van der Waals surface area contributed by atoms with Gasteiger partial charge in [0.05, 0.1) is 10.9 Å². The van der Waals surface area contributed by atoms with Crippen molar-refractivity contribution in [2.75, 3.05) is 12.0 Å². The number of thioether (sulfide) groups is 1. The number of fused-ring (bicyclic) bond motifs is 1. The van der Waals surface area contributed by atoms with E-state index in [4.69, 9.17) is 0 Å². The molecule has 0 radical (unpaired) electrons. The number of hydrogen-bond acceptors (Lipinski definition) is 4. The third kappa shape index (κ3) is 4.91. The van der Waals surface area contributed by atoms with Crippen molar-refractivity contribution in [3.05, 3.63) is 65.7 Å². The molecule has 0 heterocycles. The van der Waals surface area contributed by atoms with Gasteiger partial charge in [-0.05, 0) is 54.5 Å². The summed E-state index contributed by atoms with van der Waals surface area (Å²) in [6.45, 7) is 0. The van der Waals surface area contributed by atoms with E-state index in [0.717, 1.165) is 18.4 Å². The Kier molecular flexibility index (Phi) is 6.57. The Balaban J connectivity index is 1.74. The highest BCUT2D eigenvalue weighted by Gasteiger charge is 2.29. The third-order valence-electron chi connectivity index (χ3n) is 4.73. The van der Waals surface area contributed by atoms with Crippen LogP contribution in [0.2, 0.25) is 0 Å². The van der Waals surface area contributed by atoms with Gasteiger partial charge >= 0.3 is 0 Å². The first-order chi connectivity index (χ1) is 13.0. The number of nitrogens with one attached hydrogen (secondary N) is 2. The zero-order chi connectivity index (χ0) is 19.3. The van der Waals surface area contributed by atoms with Crippen molar-refractivity contribution in [3.8, 4) is 0 Å². The second kappa shape index (κ2) is 8.91. The Bertz CT molecular complexity index is 885. The third-order valence-corrected chi connectivity index (χ3v) is 6.86. The van der Waals surface area contributed by atoms with Gasteiger partial charge in [0.25, 0.3) is 0 Å². The average molecular weight is 405 g/mol. The van der Waals surface area contributed by atoms with Crippen LogP contribution in [0.15, 0.2) is 59.5 Å². The predicted molar refractivity (Wildman–Crippen MR) is 109 cm³/mol. The van der Waals surface area contributed by atoms with E-state index in [1.54, 1.807) is 30.0 Å². The first-order valence-corrected chi connectivity index (χ1v) is 11.8. The van der Waals surface area contributed by atoms with Gasteiger partial charge in [-0.15, -0.1) is 0 Å². The Morgan fingerprint density at radius 3 is 2.59 bits per heavy atom. The molecule has 0 bridgehead atoms. The van der Waals surface area contributed by atoms with Gasteiger partial charge in [-0.3, -0.25) is 4.79 Å². The normalized spacial score (nSPS) is 17.3. The number of sulfonamides is 1. The van der Waals surface area contributed by atoms with E-state index < -0.39 is 16.1 Å². The summed E-state index contributed by atoms with van der Waals surface area (Å²) in [7, 11) is -3.75. The number of benzene rings is 2. The summed E-state index contributed by atoms with van der Waals surface area (Å²) in [6.07, 6.45) is 4.14. The maximum atomic E-state index is 12.9. The summed E-state index contributed by atoms with van der Waals surface area (Å²) < 4.78 is 27.9. The van der Waals surface area contributed by atoms with Gasteiger partial charge in [-0.1, -0.05) is 42.5 Å². The van der Waals surface area contributed by atoms with Crippen LogP contribution in [0.3, 0.4) is 0 Å². The highest BCUT2D eigenvalue weighted by atomic mass is 32.2. The minimum atomic E-state index is -3.75. The molecule has 2 aromatic rings. The molecule has 144 valence electrons. The van der Waals surface area contributed by atoms with Crippen molar-refractivity contribution in [2.45, 2.75) is 36.2 Å². The molecule has 0 unspecified atom stereocenters. The lowest BCUT2D eigenvalue weighted by molar-refractivity contribution is -0.123. The molecule has 27 heavy (non-hydrogen) atoms. The zero-order valence-corrected chi connectivity index (χ0v) is 16.9. The molecular formula is C20H24N2O3S2. The molecule has 2 N–H and O–H groups in total.